The molecule has 0 amide bonds. The third kappa shape index (κ3) is 2.75. The van der Waals surface area contributed by atoms with E-state index in [-0.39, 0.29) is 17.5 Å². The average Bonchev–Trinajstić information content (AvgIpc) is 3.36. The van der Waals surface area contributed by atoms with Crippen molar-refractivity contribution in [3.8, 4) is 0 Å². The van der Waals surface area contributed by atoms with Crippen LogP contribution in [0.1, 0.15) is 36.1 Å². The summed E-state index contributed by atoms with van der Waals surface area (Å²) in [6.07, 6.45) is 4.54. The molecule has 3 heterocycles. The summed E-state index contributed by atoms with van der Waals surface area (Å²) in [4.78, 5) is 17.7. The molecule has 2 atom stereocenters. The number of Topliss-reactive ketones (excluding diaryl/α,β-unsaturated/α-hetero) is 1. The molecule has 0 unspecified atom stereocenters. The number of allylic oxidation sites excluding steroid dienone is 2. The van der Waals surface area contributed by atoms with E-state index in [0.717, 1.165) is 17.0 Å². The quantitative estimate of drug-likeness (QED) is 0.671. The van der Waals surface area contributed by atoms with Gasteiger partial charge in [0, 0.05) is 23.6 Å². The number of nitrogens with zero attached hydrogens (tertiary/aromatic N) is 3. The Hall–Kier alpha value is -2.87. The highest BCUT2D eigenvalue weighted by molar-refractivity contribution is 7.98. The maximum absolute atomic E-state index is 13.5. The molecule has 1 aliphatic heterocycles. The second kappa shape index (κ2) is 6.63. The first kappa shape index (κ1) is 17.2. The maximum Gasteiger partial charge on any atom is 0.227 e. The summed E-state index contributed by atoms with van der Waals surface area (Å²) in [6.45, 7) is 0. The number of furan rings is 1. The van der Waals surface area contributed by atoms with Crippen LogP contribution in [0.3, 0.4) is 0 Å². The number of ketones is 1. The van der Waals surface area contributed by atoms with Gasteiger partial charge in [-0.25, -0.2) is 9.07 Å². The van der Waals surface area contributed by atoms with E-state index in [4.69, 9.17) is 4.42 Å². The zero-order valence-corrected chi connectivity index (χ0v) is 15.9. The van der Waals surface area contributed by atoms with Crippen molar-refractivity contribution in [2.45, 2.75) is 30.0 Å². The first-order chi connectivity index (χ1) is 13.6. The van der Waals surface area contributed by atoms with Gasteiger partial charge in [-0.2, -0.15) is 4.98 Å². The minimum Gasteiger partial charge on any atom is -0.469 e. The summed E-state index contributed by atoms with van der Waals surface area (Å²) < 4.78 is 20.7. The second-order valence-electron chi connectivity index (χ2n) is 6.88. The van der Waals surface area contributed by atoms with Crippen LogP contribution < -0.4 is 5.32 Å². The lowest BCUT2D eigenvalue weighted by Crippen LogP contribution is -2.33. The van der Waals surface area contributed by atoms with E-state index in [1.807, 2.05) is 18.4 Å². The molecule has 1 N–H and O–H groups in total. The van der Waals surface area contributed by atoms with Crippen LogP contribution in [-0.4, -0.2) is 26.8 Å². The molecule has 28 heavy (non-hydrogen) atoms. The molecule has 6 nitrogen and oxygen atoms in total. The highest BCUT2D eigenvalue weighted by Gasteiger charge is 2.40. The molecule has 0 spiro atoms. The zero-order chi connectivity index (χ0) is 19.3. The topological polar surface area (TPSA) is 73.0 Å². The number of carbonyl (C=O) groups is 1. The van der Waals surface area contributed by atoms with Gasteiger partial charge in [0.25, 0.3) is 0 Å². The number of rotatable bonds is 3. The van der Waals surface area contributed by atoms with Gasteiger partial charge in [0.1, 0.15) is 17.6 Å². The number of thioether (sulfide) groups is 1. The predicted molar refractivity (Wildman–Crippen MR) is 103 cm³/mol. The van der Waals surface area contributed by atoms with Crippen molar-refractivity contribution in [2.24, 2.45) is 0 Å². The highest BCUT2D eigenvalue weighted by Crippen LogP contribution is 2.44. The van der Waals surface area contributed by atoms with Crippen molar-refractivity contribution in [3.63, 3.8) is 0 Å². The molecule has 0 saturated heterocycles. The van der Waals surface area contributed by atoms with Crippen molar-refractivity contribution >= 4 is 23.5 Å². The molecule has 3 aromatic rings. The zero-order valence-electron chi connectivity index (χ0n) is 15.1. The Kier molecular flexibility index (Phi) is 4.08. The summed E-state index contributed by atoms with van der Waals surface area (Å²) in [6, 6.07) is 9.52. The Morgan fingerprint density at radius 2 is 2.07 bits per heavy atom. The van der Waals surface area contributed by atoms with E-state index in [1.54, 1.807) is 23.1 Å². The van der Waals surface area contributed by atoms with Gasteiger partial charge in [0.15, 0.2) is 5.78 Å². The van der Waals surface area contributed by atoms with Gasteiger partial charge in [0.05, 0.1) is 6.26 Å². The van der Waals surface area contributed by atoms with Gasteiger partial charge in [-0.05, 0) is 42.5 Å². The predicted octanol–water partition coefficient (Wildman–Crippen LogP) is 4.15. The van der Waals surface area contributed by atoms with Crippen LogP contribution in [0.4, 0.5) is 10.3 Å². The molecule has 0 bridgehead atoms. The van der Waals surface area contributed by atoms with Gasteiger partial charge >= 0.3 is 0 Å². The molecule has 2 aliphatic rings. The minimum absolute atomic E-state index is 0.0166. The number of aromatic nitrogens is 3. The van der Waals surface area contributed by atoms with Crippen LogP contribution in [0, 0.1) is 5.82 Å². The highest BCUT2D eigenvalue weighted by atomic mass is 32.2. The first-order valence-corrected chi connectivity index (χ1v) is 10.2. The van der Waals surface area contributed by atoms with Gasteiger partial charge in [0.2, 0.25) is 11.1 Å². The molecule has 1 aromatic carbocycles. The lowest BCUT2D eigenvalue weighted by atomic mass is 9.79. The molecule has 0 fully saturated rings. The van der Waals surface area contributed by atoms with E-state index in [0.29, 0.717) is 29.5 Å². The average molecular weight is 396 g/mol. The third-order valence-corrected chi connectivity index (χ3v) is 5.75. The van der Waals surface area contributed by atoms with Crippen LogP contribution in [0.25, 0.3) is 0 Å². The lowest BCUT2D eigenvalue weighted by Gasteiger charge is -2.34. The fourth-order valence-corrected chi connectivity index (χ4v) is 4.30. The molecule has 8 heteroatoms. The number of benzene rings is 1. The van der Waals surface area contributed by atoms with E-state index >= 15 is 0 Å². The van der Waals surface area contributed by atoms with Crippen LogP contribution in [0.15, 0.2) is 63.5 Å². The van der Waals surface area contributed by atoms with Crippen molar-refractivity contribution in [1.82, 2.24) is 14.8 Å². The molecular weight excluding hydrogens is 379 g/mol. The fraction of sp³-hybridized carbons (Fsp3) is 0.250. The third-order valence-electron chi connectivity index (χ3n) is 5.21. The molecule has 5 rings (SSSR count). The number of hydrogen-bond acceptors (Lipinski definition) is 6. The molecule has 0 radical (unpaired) electrons. The van der Waals surface area contributed by atoms with E-state index in [1.165, 1.54) is 23.9 Å². The molecular formula is C20H17FN4O2S. The Balaban J connectivity index is 1.63. The molecule has 142 valence electrons. The van der Waals surface area contributed by atoms with Crippen LogP contribution in [-0.2, 0) is 4.79 Å². The van der Waals surface area contributed by atoms with Gasteiger partial charge in [-0.15, -0.1) is 5.10 Å². The summed E-state index contributed by atoms with van der Waals surface area (Å²) in [5.41, 5.74) is 2.30. The Bertz CT molecular complexity index is 1070. The van der Waals surface area contributed by atoms with Crippen molar-refractivity contribution in [2.75, 3.05) is 11.6 Å². The largest absolute Gasteiger partial charge is 0.469 e. The number of anilines is 1. The number of hydrogen-bond donors (Lipinski definition) is 1. The summed E-state index contributed by atoms with van der Waals surface area (Å²) in [5.74, 6) is 1.10. The standard InChI is InChI=1S/C20H17FN4O2S/c1-28-20-23-19-22-14-9-12(16-3-2-8-27-16)10-15(26)17(14)18(25(19)24-20)11-4-6-13(21)7-5-11/h2-8,12,18H,9-10H2,1H3,(H,22,23,24)/t12-,18-/m1/s1. The van der Waals surface area contributed by atoms with Crippen molar-refractivity contribution in [1.29, 1.82) is 0 Å². The van der Waals surface area contributed by atoms with E-state index < -0.39 is 6.04 Å². The van der Waals surface area contributed by atoms with Crippen LogP contribution in [0.5, 0.6) is 0 Å². The van der Waals surface area contributed by atoms with Gasteiger partial charge in [-0.3, -0.25) is 4.79 Å². The van der Waals surface area contributed by atoms with Crippen LogP contribution in [0.2, 0.25) is 0 Å². The summed E-state index contributed by atoms with van der Waals surface area (Å²) in [5, 5.41) is 8.47. The Labute approximate surface area is 164 Å². The first-order valence-electron chi connectivity index (χ1n) is 8.96. The summed E-state index contributed by atoms with van der Waals surface area (Å²) >= 11 is 1.43. The van der Waals surface area contributed by atoms with Crippen molar-refractivity contribution in [3.05, 3.63) is 71.1 Å². The summed E-state index contributed by atoms with van der Waals surface area (Å²) in [7, 11) is 0. The maximum atomic E-state index is 13.5. The number of halogens is 1. The normalized spacial score (nSPS) is 21.3. The lowest BCUT2D eigenvalue weighted by molar-refractivity contribution is -0.117. The number of fused-ring (bicyclic) bond motifs is 1. The van der Waals surface area contributed by atoms with E-state index in [2.05, 4.69) is 15.4 Å². The Morgan fingerprint density at radius 1 is 1.25 bits per heavy atom. The minimum atomic E-state index is -0.426. The smallest absolute Gasteiger partial charge is 0.227 e. The molecule has 1 aliphatic carbocycles. The van der Waals surface area contributed by atoms with Crippen LogP contribution >= 0.6 is 11.8 Å². The molecule has 2 aromatic heterocycles. The number of nitrogens with one attached hydrogen (secondary N) is 1. The molecule has 0 saturated carbocycles. The number of carbonyl (C=O) groups excluding carboxylic acids is 1. The van der Waals surface area contributed by atoms with Crippen molar-refractivity contribution < 1.29 is 13.6 Å². The fourth-order valence-electron chi connectivity index (χ4n) is 3.96. The van der Waals surface area contributed by atoms with Gasteiger partial charge in [-0.1, -0.05) is 23.9 Å². The van der Waals surface area contributed by atoms with Gasteiger partial charge < -0.3 is 9.73 Å². The van der Waals surface area contributed by atoms with E-state index in [9.17, 15) is 9.18 Å². The monoisotopic (exact) mass is 396 g/mol. The Morgan fingerprint density at radius 3 is 2.79 bits per heavy atom. The second-order valence-corrected chi connectivity index (χ2v) is 7.66. The SMILES string of the molecule is CSc1nc2n(n1)[C@H](c1ccc(F)cc1)C1=C(C[C@@H](c3ccco3)CC1=O)N2.